The summed E-state index contributed by atoms with van der Waals surface area (Å²) in [4.78, 5) is 1.37. The maximum absolute atomic E-state index is 9.30. The zero-order chi connectivity index (χ0) is 9.26. The van der Waals surface area contributed by atoms with Crippen molar-refractivity contribution in [3.05, 3.63) is 32.4 Å². The van der Waals surface area contributed by atoms with Crippen molar-refractivity contribution in [2.24, 2.45) is 0 Å². The highest BCUT2D eigenvalue weighted by Crippen LogP contribution is 2.27. The fourth-order valence-corrected chi connectivity index (χ4v) is 3.09. The lowest BCUT2D eigenvalue weighted by Gasteiger charge is -1.96. The highest BCUT2D eigenvalue weighted by atomic mass is 79.9. The van der Waals surface area contributed by atoms with E-state index in [1.165, 1.54) is 10.5 Å². The van der Waals surface area contributed by atoms with Crippen LogP contribution in [-0.4, -0.2) is 11.2 Å². The van der Waals surface area contributed by atoms with E-state index in [1.54, 1.807) is 11.3 Å². The molecular formula is C10H11BrOS. The van der Waals surface area contributed by atoms with Crippen LogP contribution in [0.25, 0.3) is 0 Å². The second kappa shape index (κ2) is 3.95. The first-order valence-corrected chi connectivity index (χ1v) is 6.02. The Morgan fingerprint density at radius 1 is 1.62 bits per heavy atom. The predicted octanol–water partition coefficient (Wildman–Crippen LogP) is 3.13. The van der Waals surface area contributed by atoms with Gasteiger partial charge in [0.2, 0.25) is 0 Å². The normalized spacial score (nSPS) is 22.0. The molecule has 0 bridgehead atoms. The molecule has 2 rings (SSSR count). The van der Waals surface area contributed by atoms with Crippen LogP contribution in [-0.2, 0) is 6.42 Å². The fraction of sp³-hybridized carbons (Fsp3) is 0.400. The maximum Gasteiger partial charge on any atom is 0.0726 e. The van der Waals surface area contributed by atoms with E-state index in [4.69, 9.17) is 0 Å². The Bertz CT molecular complexity index is 329. The highest BCUT2D eigenvalue weighted by Gasteiger charge is 2.13. The number of aliphatic hydroxyl groups excluding tert-OH is 1. The van der Waals surface area contributed by atoms with Gasteiger partial charge in [0, 0.05) is 21.2 Å². The summed E-state index contributed by atoms with van der Waals surface area (Å²) >= 11 is 5.20. The van der Waals surface area contributed by atoms with Gasteiger partial charge >= 0.3 is 0 Å². The summed E-state index contributed by atoms with van der Waals surface area (Å²) in [5.41, 5.74) is 1.38. The van der Waals surface area contributed by atoms with E-state index in [1.807, 2.05) is 6.08 Å². The number of aliphatic hydroxyl groups is 1. The van der Waals surface area contributed by atoms with Crippen molar-refractivity contribution in [1.82, 2.24) is 0 Å². The number of hydrogen-bond acceptors (Lipinski definition) is 2. The molecule has 0 amide bonds. The molecule has 0 fully saturated rings. The first-order valence-electron chi connectivity index (χ1n) is 4.34. The zero-order valence-electron chi connectivity index (χ0n) is 7.16. The van der Waals surface area contributed by atoms with Crippen molar-refractivity contribution in [3.8, 4) is 0 Å². The van der Waals surface area contributed by atoms with Gasteiger partial charge < -0.3 is 5.11 Å². The summed E-state index contributed by atoms with van der Waals surface area (Å²) in [6.45, 7) is 0. The second-order valence-corrected chi connectivity index (χ2v) is 5.25. The van der Waals surface area contributed by atoms with Crippen LogP contribution in [0.2, 0.25) is 0 Å². The van der Waals surface area contributed by atoms with E-state index >= 15 is 0 Å². The van der Waals surface area contributed by atoms with Crippen LogP contribution in [0.3, 0.4) is 0 Å². The number of hydrogen-bond donors (Lipinski definition) is 1. The molecule has 0 saturated carbocycles. The van der Waals surface area contributed by atoms with E-state index in [9.17, 15) is 5.11 Å². The third-order valence-corrected chi connectivity index (χ3v) is 3.91. The van der Waals surface area contributed by atoms with Crippen molar-refractivity contribution in [2.75, 3.05) is 0 Å². The summed E-state index contributed by atoms with van der Waals surface area (Å²) in [6, 6.07) is 2.15. The lowest BCUT2D eigenvalue weighted by molar-refractivity contribution is 0.223. The van der Waals surface area contributed by atoms with Gasteiger partial charge in [-0.1, -0.05) is 11.6 Å². The zero-order valence-corrected chi connectivity index (χ0v) is 9.57. The molecule has 1 nitrogen and oxygen atoms in total. The maximum atomic E-state index is 9.30. The van der Waals surface area contributed by atoms with Crippen LogP contribution in [0.1, 0.15) is 17.7 Å². The monoisotopic (exact) mass is 258 g/mol. The SMILES string of the molecule is OC1C=C(Cc2cc(Br)cs2)CC1. The minimum Gasteiger partial charge on any atom is -0.389 e. The summed E-state index contributed by atoms with van der Waals surface area (Å²) in [5, 5.41) is 11.4. The van der Waals surface area contributed by atoms with E-state index in [0.717, 1.165) is 23.7 Å². The topological polar surface area (TPSA) is 20.2 Å². The molecule has 1 atom stereocenters. The van der Waals surface area contributed by atoms with E-state index in [2.05, 4.69) is 27.4 Å². The molecule has 1 aliphatic rings. The molecular weight excluding hydrogens is 248 g/mol. The van der Waals surface area contributed by atoms with Gasteiger partial charge in [0.15, 0.2) is 0 Å². The van der Waals surface area contributed by atoms with Gasteiger partial charge in [-0.3, -0.25) is 0 Å². The minimum atomic E-state index is -0.196. The summed E-state index contributed by atoms with van der Waals surface area (Å²) in [6.07, 6.45) is 4.76. The van der Waals surface area contributed by atoms with Gasteiger partial charge in [-0.25, -0.2) is 0 Å². The molecule has 70 valence electrons. The lowest BCUT2D eigenvalue weighted by Crippen LogP contribution is -1.93. The Balaban J connectivity index is 2.02. The molecule has 1 unspecified atom stereocenters. The Kier molecular flexibility index (Phi) is 2.86. The third kappa shape index (κ3) is 2.42. The Morgan fingerprint density at radius 2 is 2.46 bits per heavy atom. The molecule has 3 heteroatoms. The van der Waals surface area contributed by atoms with E-state index < -0.39 is 0 Å². The lowest BCUT2D eigenvalue weighted by atomic mass is 10.1. The van der Waals surface area contributed by atoms with Gasteiger partial charge in [-0.15, -0.1) is 11.3 Å². The third-order valence-electron chi connectivity index (χ3n) is 2.21. The summed E-state index contributed by atoms with van der Waals surface area (Å²) in [7, 11) is 0. The van der Waals surface area contributed by atoms with Gasteiger partial charge in [0.25, 0.3) is 0 Å². The molecule has 1 aromatic heterocycles. The van der Waals surface area contributed by atoms with Crippen LogP contribution in [0.5, 0.6) is 0 Å². The number of thiophene rings is 1. The smallest absolute Gasteiger partial charge is 0.0726 e. The average Bonchev–Trinajstić information content (AvgIpc) is 2.62. The molecule has 0 radical (unpaired) electrons. The number of rotatable bonds is 2. The molecule has 0 aliphatic heterocycles. The second-order valence-electron chi connectivity index (χ2n) is 3.34. The van der Waals surface area contributed by atoms with Crippen molar-refractivity contribution >= 4 is 27.3 Å². The molecule has 0 saturated heterocycles. The summed E-state index contributed by atoms with van der Waals surface area (Å²) in [5.74, 6) is 0. The van der Waals surface area contributed by atoms with Crippen molar-refractivity contribution in [3.63, 3.8) is 0 Å². The number of allylic oxidation sites excluding steroid dienone is 1. The molecule has 1 heterocycles. The average molecular weight is 259 g/mol. The molecule has 1 aliphatic carbocycles. The Labute approximate surface area is 90.2 Å². The van der Waals surface area contributed by atoms with Gasteiger partial charge in [0.1, 0.15) is 0 Å². The highest BCUT2D eigenvalue weighted by molar-refractivity contribution is 9.10. The molecule has 1 aromatic rings. The van der Waals surface area contributed by atoms with E-state index in [-0.39, 0.29) is 6.10 Å². The number of halogens is 1. The van der Waals surface area contributed by atoms with Crippen LogP contribution in [0.4, 0.5) is 0 Å². The quantitative estimate of drug-likeness (QED) is 0.809. The molecule has 13 heavy (non-hydrogen) atoms. The van der Waals surface area contributed by atoms with E-state index in [0.29, 0.717) is 0 Å². The fourth-order valence-electron chi connectivity index (χ4n) is 1.59. The van der Waals surface area contributed by atoms with Crippen molar-refractivity contribution in [1.29, 1.82) is 0 Å². The van der Waals surface area contributed by atoms with Gasteiger partial charge in [-0.2, -0.15) is 0 Å². The molecule has 0 aromatic carbocycles. The first-order chi connectivity index (χ1) is 6.24. The van der Waals surface area contributed by atoms with Crippen LogP contribution < -0.4 is 0 Å². The van der Waals surface area contributed by atoms with Crippen molar-refractivity contribution < 1.29 is 5.11 Å². The van der Waals surface area contributed by atoms with Crippen LogP contribution in [0.15, 0.2) is 27.6 Å². The minimum absolute atomic E-state index is 0.196. The standard InChI is InChI=1S/C10H11BrOS/c11-8-5-10(13-6-8)4-7-1-2-9(12)3-7/h3,5-6,9,12H,1-2,4H2. The van der Waals surface area contributed by atoms with Crippen molar-refractivity contribution in [2.45, 2.75) is 25.4 Å². The van der Waals surface area contributed by atoms with Crippen LogP contribution >= 0.6 is 27.3 Å². The summed E-state index contributed by atoms with van der Waals surface area (Å²) < 4.78 is 1.16. The van der Waals surface area contributed by atoms with Gasteiger partial charge in [-0.05, 0) is 34.8 Å². The molecule has 1 N–H and O–H groups in total. The van der Waals surface area contributed by atoms with Gasteiger partial charge in [0.05, 0.1) is 6.10 Å². The van der Waals surface area contributed by atoms with Crippen LogP contribution in [0, 0.1) is 0 Å². The first kappa shape index (κ1) is 9.44. The Hall–Kier alpha value is -0.120. The largest absolute Gasteiger partial charge is 0.389 e. The molecule has 0 spiro atoms. The predicted molar refractivity (Wildman–Crippen MR) is 59.0 cm³/mol. The Morgan fingerprint density at radius 3 is 3.00 bits per heavy atom.